The second kappa shape index (κ2) is 16.7. The Morgan fingerprint density at radius 2 is 1.37 bits per heavy atom. The van der Waals surface area contributed by atoms with E-state index < -0.39 is 83.6 Å². The minimum absolute atomic E-state index is 0.00305. The number of ether oxygens (including phenoxy) is 4. The highest BCUT2D eigenvalue weighted by atomic mass is 16.7. The van der Waals surface area contributed by atoms with Crippen molar-refractivity contribution in [1.82, 2.24) is 0 Å². The van der Waals surface area contributed by atoms with Gasteiger partial charge < -0.3 is 49.8 Å². The van der Waals surface area contributed by atoms with Gasteiger partial charge in [0.25, 0.3) is 5.91 Å². The average molecular weight is 754 g/mol. The molecule has 1 aromatic carbocycles. The molecule has 54 heavy (non-hydrogen) atoms. The fourth-order valence-electron chi connectivity index (χ4n) is 7.08. The molecule has 9 unspecified atom stereocenters. The third-order valence-electron chi connectivity index (χ3n) is 10.4. The van der Waals surface area contributed by atoms with E-state index >= 15 is 0 Å². The van der Waals surface area contributed by atoms with Gasteiger partial charge in [0.05, 0.1) is 41.2 Å². The topological polar surface area (TPSA) is 218 Å². The van der Waals surface area contributed by atoms with Crippen molar-refractivity contribution in [1.29, 1.82) is 0 Å². The van der Waals surface area contributed by atoms with Crippen LogP contribution in [-0.4, -0.2) is 86.5 Å². The van der Waals surface area contributed by atoms with Gasteiger partial charge in [-0.3, -0.25) is 19.2 Å². The van der Waals surface area contributed by atoms with Crippen molar-refractivity contribution in [3.8, 4) is 11.5 Å². The van der Waals surface area contributed by atoms with E-state index in [0.717, 1.165) is 13.8 Å². The highest BCUT2D eigenvalue weighted by molar-refractivity contribution is 6.21. The molecule has 4 aliphatic rings. The Labute approximate surface area is 314 Å². The van der Waals surface area contributed by atoms with Crippen LogP contribution >= 0.6 is 0 Å². The number of Topliss-reactive ketones (excluding diaryl/α,β-unsaturated/α-hetero) is 1. The number of hydrogen-bond acceptors (Lipinski definition) is 13. The predicted octanol–water partition coefficient (Wildman–Crippen LogP) is 4.13. The van der Waals surface area contributed by atoms with Crippen LogP contribution in [0.2, 0.25) is 0 Å². The number of amides is 1. The summed E-state index contributed by atoms with van der Waals surface area (Å²) in [7, 11) is 0. The Kier molecular flexibility index (Phi) is 13.0. The number of nitrogens with one attached hydrogen (secondary N) is 1. The lowest BCUT2D eigenvalue weighted by atomic mass is 9.80. The van der Waals surface area contributed by atoms with Crippen molar-refractivity contribution in [2.75, 3.05) is 12.1 Å². The first-order valence-electron chi connectivity index (χ1n) is 17.8. The summed E-state index contributed by atoms with van der Waals surface area (Å²) in [5.41, 5.74) is 0.576. The molecule has 5 rings (SSSR count). The lowest BCUT2D eigenvalue weighted by molar-refractivity contribution is -0.177. The lowest BCUT2D eigenvalue weighted by Gasteiger charge is -2.37. The summed E-state index contributed by atoms with van der Waals surface area (Å²) in [6.07, 6.45) is -0.923. The van der Waals surface area contributed by atoms with Crippen LogP contribution in [0.4, 0.5) is 5.69 Å². The number of carbonyl (C=O) groups excluding carboxylic acids is 4. The van der Waals surface area contributed by atoms with Crippen molar-refractivity contribution in [2.24, 2.45) is 23.7 Å². The lowest BCUT2D eigenvalue weighted by Crippen LogP contribution is -2.52. The third kappa shape index (κ3) is 8.16. The van der Waals surface area contributed by atoms with E-state index in [1.165, 1.54) is 46.8 Å². The number of aliphatic hydroxyl groups excluding tert-OH is 4. The number of carbonyl (C=O) groups is 4. The van der Waals surface area contributed by atoms with E-state index in [2.05, 4.69) is 5.32 Å². The first kappa shape index (κ1) is 42.0. The summed E-state index contributed by atoms with van der Waals surface area (Å²) >= 11 is 0. The molecule has 14 nitrogen and oxygen atoms in total. The summed E-state index contributed by atoms with van der Waals surface area (Å²) in [6, 6.07) is 0. The maximum absolute atomic E-state index is 14.0. The number of allylic oxidation sites excluding steroid dienone is 5. The molecule has 4 bridgehead atoms. The summed E-state index contributed by atoms with van der Waals surface area (Å²) in [5, 5.41) is 59.9. The molecule has 1 amide bonds. The number of phenols is 1. The standard InChI is InChI=1S/C40H51NO13/c1-16-12-11-13-17(2)40(50)41-29-20(5)38(53-24(9)42)26-27(35(29)49)32(46)23(8)37-28(26)36(51-15-52-37)19(4)14-18(3)31(45)22(7)34(48)39(54-25(10)43)33(47)21(6)30(16)44/h11-14,16,18,21-22,30-31,33-34,39,44-45,47-49H,15H2,1-10H3,(H,41,50). The smallest absolute Gasteiger partial charge is 0.308 e. The maximum atomic E-state index is 14.0. The highest BCUT2D eigenvalue weighted by Gasteiger charge is 2.43. The number of phenolic OH excluding ortho intramolecular Hbond substituents is 1. The fraction of sp³-hybridized carbons (Fsp3) is 0.500. The maximum Gasteiger partial charge on any atom is 0.308 e. The molecular weight excluding hydrogens is 702 g/mol. The van der Waals surface area contributed by atoms with Gasteiger partial charge in [0.2, 0.25) is 6.79 Å². The van der Waals surface area contributed by atoms with Crippen LogP contribution in [-0.2, 0) is 28.6 Å². The first-order chi connectivity index (χ1) is 25.2. The van der Waals surface area contributed by atoms with Gasteiger partial charge in [-0.2, -0.15) is 0 Å². The summed E-state index contributed by atoms with van der Waals surface area (Å²) in [5.74, 6) is -6.51. The van der Waals surface area contributed by atoms with E-state index in [9.17, 15) is 44.7 Å². The van der Waals surface area contributed by atoms with Gasteiger partial charge >= 0.3 is 11.9 Å². The molecule has 1 aliphatic carbocycles. The van der Waals surface area contributed by atoms with Crippen molar-refractivity contribution in [2.45, 2.75) is 99.8 Å². The fourth-order valence-corrected chi connectivity index (χ4v) is 7.08. The van der Waals surface area contributed by atoms with Gasteiger partial charge in [0.15, 0.2) is 17.6 Å². The van der Waals surface area contributed by atoms with Crippen LogP contribution < -0.4 is 10.1 Å². The predicted molar refractivity (Wildman–Crippen MR) is 197 cm³/mol. The van der Waals surface area contributed by atoms with Crippen molar-refractivity contribution in [3.05, 3.63) is 69.2 Å². The van der Waals surface area contributed by atoms with Gasteiger partial charge in [0, 0.05) is 59.8 Å². The Balaban J connectivity index is 2.02. The zero-order valence-corrected chi connectivity index (χ0v) is 32.2. The van der Waals surface area contributed by atoms with Crippen LogP contribution in [0.3, 0.4) is 0 Å². The Bertz CT molecular complexity index is 1870. The molecule has 0 spiro atoms. The normalized spacial score (nSPS) is 29.8. The van der Waals surface area contributed by atoms with E-state index in [0.29, 0.717) is 5.57 Å². The Hall–Kier alpha value is -4.76. The number of ketones is 1. The highest BCUT2D eigenvalue weighted by Crippen LogP contribution is 2.53. The largest absolute Gasteiger partial charge is 0.505 e. The van der Waals surface area contributed by atoms with Crippen LogP contribution in [0.25, 0.3) is 5.57 Å². The van der Waals surface area contributed by atoms with Crippen LogP contribution in [0.1, 0.15) is 83.8 Å². The molecule has 6 N–H and O–H groups in total. The number of rotatable bonds is 2. The second-order valence-electron chi connectivity index (χ2n) is 14.4. The summed E-state index contributed by atoms with van der Waals surface area (Å²) in [6.45, 7) is 14.6. The zero-order valence-electron chi connectivity index (χ0n) is 32.2. The molecule has 0 radical (unpaired) electrons. The minimum Gasteiger partial charge on any atom is -0.505 e. The van der Waals surface area contributed by atoms with Gasteiger partial charge in [-0.25, -0.2) is 0 Å². The molecule has 0 fully saturated rings. The van der Waals surface area contributed by atoms with Crippen LogP contribution in [0, 0.1) is 30.6 Å². The summed E-state index contributed by atoms with van der Waals surface area (Å²) < 4.78 is 22.9. The van der Waals surface area contributed by atoms with E-state index in [-0.39, 0.29) is 63.2 Å². The SMILES string of the molecule is CC(=O)Oc1c(C)c2c(O)c3c1C1=C(OCOC1=C(C)C3=O)C(C)=CC(C)C(O)C(C)C(O)C(OC(C)=O)C(O)C(C)C(O)C(C)C=CC=C(C)C(=O)N2. The number of esters is 2. The Morgan fingerprint density at radius 3 is 1.94 bits per heavy atom. The summed E-state index contributed by atoms with van der Waals surface area (Å²) in [4.78, 5) is 52.1. The Morgan fingerprint density at radius 1 is 0.796 bits per heavy atom. The number of anilines is 1. The molecule has 3 aliphatic heterocycles. The van der Waals surface area contributed by atoms with Crippen molar-refractivity contribution in [3.63, 3.8) is 0 Å². The number of aliphatic hydroxyl groups is 4. The number of aromatic hydroxyl groups is 1. The van der Waals surface area contributed by atoms with Gasteiger partial charge in [-0.1, -0.05) is 52.0 Å². The molecule has 294 valence electrons. The first-order valence-corrected chi connectivity index (χ1v) is 17.8. The van der Waals surface area contributed by atoms with Crippen molar-refractivity contribution < 1.29 is 63.7 Å². The second-order valence-corrected chi connectivity index (χ2v) is 14.4. The van der Waals surface area contributed by atoms with Crippen LogP contribution in [0.15, 0.2) is 52.5 Å². The van der Waals surface area contributed by atoms with Crippen LogP contribution in [0.5, 0.6) is 11.5 Å². The third-order valence-corrected chi connectivity index (χ3v) is 10.4. The molecular formula is C40H51NO13. The number of fused-ring (bicyclic) bond motifs is 14. The average Bonchev–Trinajstić information content (AvgIpc) is 3.12. The number of benzene rings is 1. The molecule has 1 aromatic rings. The van der Waals surface area contributed by atoms with E-state index in [1.807, 2.05) is 0 Å². The molecule has 0 saturated heterocycles. The van der Waals surface area contributed by atoms with Gasteiger partial charge in [-0.15, -0.1) is 0 Å². The molecule has 0 saturated carbocycles. The van der Waals surface area contributed by atoms with E-state index in [1.54, 1.807) is 32.9 Å². The molecule has 3 heterocycles. The molecule has 9 atom stereocenters. The minimum atomic E-state index is -1.58. The number of hydrogen-bond donors (Lipinski definition) is 6. The van der Waals surface area contributed by atoms with Gasteiger partial charge in [-0.05, 0) is 33.3 Å². The monoisotopic (exact) mass is 753 g/mol. The van der Waals surface area contributed by atoms with E-state index in [4.69, 9.17) is 18.9 Å². The zero-order chi connectivity index (χ0) is 40.5. The molecule has 14 heteroatoms. The van der Waals surface area contributed by atoms with Crippen molar-refractivity contribution >= 4 is 34.9 Å². The van der Waals surface area contributed by atoms with Gasteiger partial charge in [0.1, 0.15) is 17.3 Å². The quantitative estimate of drug-likeness (QED) is 0.142. The molecule has 0 aromatic heterocycles.